The summed E-state index contributed by atoms with van der Waals surface area (Å²) in [5.74, 6) is 2.54. The van der Waals surface area contributed by atoms with Crippen LogP contribution < -0.4 is 192 Å². The normalized spacial score (nSPS) is 14.0. The summed E-state index contributed by atoms with van der Waals surface area (Å²) in [4.78, 5) is 224. The molecule has 0 aliphatic heterocycles. The van der Waals surface area contributed by atoms with E-state index >= 15 is 0 Å². The van der Waals surface area contributed by atoms with E-state index < -0.39 is 135 Å². The molecule has 2 aromatic carbocycles. The second-order valence-corrected chi connectivity index (χ2v) is 30.0. The summed E-state index contributed by atoms with van der Waals surface area (Å²) in [6.07, 6.45) is -40.3. The van der Waals surface area contributed by atoms with Crippen LogP contribution in [0.2, 0.25) is 0 Å². The van der Waals surface area contributed by atoms with E-state index in [1.165, 1.54) is 0 Å². The molecule has 834 valence electrons. The molecule has 0 saturated heterocycles. The van der Waals surface area contributed by atoms with Crippen molar-refractivity contribution in [2.75, 3.05) is 81.3 Å². The van der Waals surface area contributed by atoms with Crippen LogP contribution >= 0.6 is 0 Å². The van der Waals surface area contributed by atoms with Crippen molar-refractivity contribution in [1.82, 2.24) is 0 Å². The van der Waals surface area contributed by atoms with Crippen molar-refractivity contribution in [3.63, 3.8) is 0 Å². The van der Waals surface area contributed by atoms with Crippen LogP contribution in [0.25, 0.3) is 0 Å². The van der Waals surface area contributed by atoms with E-state index in [-0.39, 0.29) is 250 Å². The van der Waals surface area contributed by atoms with Crippen LogP contribution in [0.5, 0.6) is 11.5 Å². The van der Waals surface area contributed by atoms with Gasteiger partial charge in [0.2, 0.25) is 0 Å². The maximum absolute atomic E-state index is 11.8. The molecule has 2 aliphatic rings. The van der Waals surface area contributed by atoms with Gasteiger partial charge in [-0.1, -0.05) is 77.9 Å². The minimum atomic E-state index is -5.44. The number of alkyl halides is 12. The molecule has 2 aliphatic carbocycles. The first-order valence-corrected chi connectivity index (χ1v) is 40.4. The maximum Gasteiger partial charge on any atom is 1.00 e. The van der Waals surface area contributed by atoms with Crippen LogP contribution in [0, 0.1) is 22.7 Å². The number of hydrogen-bond acceptors (Lipinski definition) is 55. The molecular weight excluding hydrogens is 2170 g/mol. The van der Waals surface area contributed by atoms with Crippen LogP contribution in [-0.2, 0) is 159 Å². The van der Waals surface area contributed by atoms with E-state index in [1.54, 1.807) is 52.7 Å². The van der Waals surface area contributed by atoms with Gasteiger partial charge in [-0.3, -0.25) is 0 Å². The molecule has 2 fully saturated rings. The number of carbonyl (C=O) groups is 16. The number of hydrogen-bond donors (Lipinski definition) is 0. The van der Waals surface area contributed by atoms with Crippen LogP contribution in [0.3, 0.4) is 0 Å². The molecule has 0 heterocycles. The number of halogens is 12. The van der Waals surface area contributed by atoms with Crippen LogP contribution in [-0.4, -0.2) is 241 Å². The Morgan fingerprint density at radius 2 is 0.510 bits per heavy atom. The Morgan fingerprint density at radius 1 is 0.295 bits per heavy atom. The Balaban J connectivity index is -0.000000260. The third-order valence-electron chi connectivity index (χ3n) is 16.4. The third-order valence-corrected chi connectivity index (χ3v) is 16.4. The van der Waals surface area contributed by atoms with Crippen molar-refractivity contribution in [2.45, 2.75) is 221 Å². The van der Waals surface area contributed by atoms with Gasteiger partial charge < -0.3 is 144 Å². The van der Waals surface area contributed by atoms with Crippen molar-refractivity contribution < 1.29 is 480 Å². The molecule has 0 radical (unpaired) electrons. The Morgan fingerprint density at radius 3 is 0.725 bits per heavy atom. The molecule has 0 aromatic heterocycles. The van der Waals surface area contributed by atoms with E-state index in [2.05, 4.69) is 163 Å². The van der Waals surface area contributed by atoms with E-state index in [1.807, 2.05) is 77.9 Å². The van der Waals surface area contributed by atoms with Gasteiger partial charge in [-0.15, -0.1) is 52.7 Å². The molecule has 71 heteroatoms. The van der Waals surface area contributed by atoms with Crippen molar-refractivity contribution in [3.8, 4) is 11.5 Å². The molecule has 0 spiro atoms. The summed E-state index contributed by atoms with van der Waals surface area (Å²) < 4.78 is 214. The number of ether oxygens (including phenoxy) is 18. The van der Waals surface area contributed by atoms with Crippen molar-refractivity contribution >= 4 is 98.5 Å². The number of carbonyl (C=O) groups excluding carboxylic acids is 16. The van der Waals surface area contributed by atoms with Gasteiger partial charge in [0.15, 0.2) is 0 Å². The first kappa shape index (κ1) is 155. The summed E-state index contributed by atoms with van der Waals surface area (Å²) in [5.41, 5.74) is -0.308. The molecule has 149 heavy (non-hydrogen) atoms. The second-order valence-electron chi connectivity index (χ2n) is 30.0. The van der Waals surface area contributed by atoms with E-state index in [4.69, 9.17) is 87.0 Å². The molecule has 55 nitrogen and oxygen atoms in total. The number of para-hydroxylation sites is 2. The Bertz CT molecular complexity index is 3800. The van der Waals surface area contributed by atoms with E-state index in [0.29, 0.717) is 49.0 Å². The molecule has 2 saturated carbocycles. The van der Waals surface area contributed by atoms with Gasteiger partial charge in [0.1, 0.15) is 50.1 Å². The number of benzene rings is 2. The fraction of sp³-hybridized carbons (Fsp3) is 0.641. The van der Waals surface area contributed by atoms with E-state index in [0.717, 1.165) is 51.4 Å². The molecule has 0 amide bonds. The summed E-state index contributed by atoms with van der Waals surface area (Å²) >= 11 is 0. The average molecular weight is 2270 g/mol. The smallest absolute Gasteiger partial charge is 0.490 e. The van der Waals surface area contributed by atoms with Crippen LogP contribution in [0.1, 0.15) is 160 Å². The summed E-state index contributed by atoms with van der Waals surface area (Å²) in [6, 6.07) is 18.0. The zero-order valence-electron chi connectivity index (χ0n) is 83.4. The van der Waals surface area contributed by atoms with Crippen molar-refractivity contribution in [3.05, 3.63) is 60.7 Å². The van der Waals surface area contributed by atoms with Gasteiger partial charge in [0.25, 0.3) is 24.6 Å². The molecule has 0 bridgehead atoms. The second kappa shape index (κ2) is 85.1. The maximum atomic E-state index is 11.8. The van der Waals surface area contributed by atoms with Gasteiger partial charge >= 0.3 is 261 Å². The quantitative estimate of drug-likeness (QED) is 0.0224. The number of carboxylic acid groups (broad SMARTS) is 4. The molecule has 2 aromatic rings. The first-order valence-electron chi connectivity index (χ1n) is 40.4. The minimum Gasteiger partial charge on any atom is -0.490 e. The molecule has 4 rings (SSSR count). The first-order chi connectivity index (χ1) is 67.0. The van der Waals surface area contributed by atoms with Crippen molar-refractivity contribution in [1.29, 1.82) is 0 Å². The largest absolute Gasteiger partial charge is 1.00 e. The minimum absolute atomic E-state index is 0. The zero-order chi connectivity index (χ0) is 112. The topological polar surface area (TPSA) is 688 Å². The predicted octanol–water partition coefficient (Wildman–Crippen LogP) is 2.36. The predicted molar refractivity (Wildman–Crippen MR) is 419 cm³/mol. The van der Waals surface area contributed by atoms with Crippen LogP contribution in [0.4, 0.5) is 129 Å². The summed E-state index contributed by atoms with van der Waals surface area (Å²) in [6.45, 7) is 24.9. The Hall–Kier alpha value is -9.41. The molecular formula is C78H104F12K2Na2O55. The zero-order valence-corrected chi connectivity index (χ0v) is 93.6. The fourth-order valence-corrected chi connectivity index (χ4v) is 8.96. The van der Waals surface area contributed by atoms with E-state index in [9.17, 15) is 110 Å². The fourth-order valence-electron chi connectivity index (χ4n) is 8.96. The van der Waals surface area contributed by atoms with Gasteiger partial charge in [0.05, 0.1) is 54.9 Å². The third kappa shape index (κ3) is 104. The van der Waals surface area contributed by atoms with Crippen LogP contribution in [0.15, 0.2) is 60.7 Å². The standard InChI is InChI=1S/C22H38O6.C18H18O8.C14H26O8.C12H22O8.C4F6O7.C4F6O6.2C2H2O6.2K.2Na/c1-21(2,3)15-7-11-17(12-8-15)25-19(23)27-28-20(24)26-18-13-9-16(10-14-18)22(4,5)6;19-17(23-13-11-21-15-7-3-1-4-8-15)25-26-18(20)24-14-12-22-16-9-5-2-6-10-16;1-13(2,17-5)7-9-19-11(15)21-22-12(16)20-10-8-14(3,4)18-6;1-9(15-3)5-7-17-11(13)19-20-12(14)18-8-6-10(2)16-4;5-3(6,7)13-1(11)15-17-16-2(12)14-4(8,9)10;5-3(6,7)13-1(11)15-16-2(12)14-4(8,9)10;2*3-1(4)7-8-2(5)6;;;;/h15-18H,7-14H2,1-6H3;1-10H,11-14H2;7-10H2,1-6H3;9-10H,5-8H2,1-4H3;;;2*(H,3,4)(H,5,6);;;;/q;;;;;;;;4*+1/p-4. The monoisotopic (exact) mass is 2270 g/mol. The van der Waals surface area contributed by atoms with Gasteiger partial charge in [0, 0.05) is 54.1 Å². The number of methoxy groups -OCH3 is 4. The van der Waals surface area contributed by atoms with Crippen molar-refractivity contribution in [2.24, 2.45) is 22.7 Å². The molecule has 0 N–H and O–H groups in total. The summed E-state index contributed by atoms with van der Waals surface area (Å²) in [5, 5.41) is 39.5. The van der Waals surface area contributed by atoms with Gasteiger partial charge in [-0.05, 0) is 140 Å². The Labute approximate surface area is 966 Å². The summed E-state index contributed by atoms with van der Waals surface area (Å²) in [7, 11) is 6.21. The average Bonchev–Trinajstić information content (AvgIpc) is 0.854. The number of rotatable bonds is 28. The van der Waals surface area contributed by atoms with Gasteiger partial charge in [-0.25, -0.2) is 19.4 Å². The van der Waals surface area contributed by atoms with Gasteiger partial charge in [-0.2, -0.15) is 96.8 Å². The molecule has 2 unspecified atom stereocenters. The SMILES string of the molecule is CC(C)(C)C1CCC(OC(=O)OOC(=O)OC2CCC(C(C)(C)C)CC2)CC1.COC(C)(C)CCOC(=O)OOC(=O)OCCC(C)(C)OC.COC(C)CCOC(=O)OOC(=O)OCCC(C)OC.O=C(OCCOc1ccccc1)OOC(=O)OCCOc1ccccc1.O=C(OOC(=O)OC(F)(F)F)OC(F)(F)F.O=C(OOOC(=O)OC(F)(F)F)OC(F)(F)F.O=C([O-])OOC(=O)[O-].O=C([O-])OOC(=O)[O-].[K+].[K+].[Na+].[Na+]. The Kier molecular flexibility index (Phi) is 88.4. The molecule has 2 atom stereocenters.